The lowest BCUT2D eigenvalue weighted by atomic mass is 9.98. The van der Waals surface area contributed by atoms with Gasteiger partial charge in [-0.15, -0.1) is 0 Å². The van der Waals surface area contributed by atoms with Crippen molar-refractivity contribution < 1.29 is 14.6 Å². The monoisotopic (exact) mass is 279 g/mol. The van der Waals surface area contributed by atoms with Gasteiger partial charge in [-0.05, 0) is 18.9 Å². The van der Waals surface area contributed by atoms with Crippen LogP contribution in [0.15, 0.2) is 18.2 Å². The fourth-order valence-electron chi connectivity index (χ4n) is 2.32. The highest BCUT2D eigenvalue weighted by Gasteiger charge is 2.26. The first-order valence-electron chi connectivity index (χ1n) is 6.16. The summed E-state index contributed by atoms with van der Waals surface area (Å²) >= 11 is 0. The first kappa shape index (κ1) is 13.9. The van der Waals surface area contributed by atoms with E-state index >= 15 is 0 Å². The summed E-state index contributed by atoms with van der Waals surface area (Å²) in [6, 6.07) is 3.63. The maximum Gasteiger partial charge on any atom is 0.299 e. The number of rotatable bonds is 4. The molecule has 0 aliphatic carbocycles. The largest absolute Gasteiger partial charge is 0.366 e. The van der Waals surface area contributed by atoms with Crippen LogP contribution in [0, 0.1) is 26.1 Å². The molecule has 1 aliphatic rings. The van der Waals surface area contributed by atoms with E-state index in [9.17, 15) is 25.0 Å². The van der Waals surface area contributed by atoms with Gasteiger partial charge in [0.2, 0.25) is 0 Å². The summed E-state index contributed by atoms with van der Waals surface area (Å²) in [4.78, 5) is 33.0. The molecule has 0 N–H and O–H groups in total. The number of nitro benzene ring substituents is 2. The Bertz CT molecular complexity index is 552. The van der Waals surface area contributed by atoms with Gasteiger partial charge in [0.05, 0.1) is 15.9 Å². The van der Waals surface area contributed by atoms with Crippen LogP contribution in [0.1, 0.15) is 12.8 Å². The molecule has 20 heavy (non-hydrogen) atoms. The van der Waals surface area contributed by atoms with E-state index in [1.807, 2.05) is 0 Å². The van der Waals surface area contributed by atoms with Crippen LogP contribution in [0.5, 0.6) is 0 Å². The van der Waals surface area contributed by atoms with E-state index in [1.165, 1.54) is 12.1 Å². The van der Waals surface area contributed by atoms with Crippen LogP contribution in [0.4, 0.5) is 17.1 Å². The van der Waals surface area contributed by atoms with E-state index in [4.69, 9.17) is 0 Å². The fraction of sp³-hybridized carbons (Fsp3) is 0.417. The van der Waals surface area contributed by atoms with E-state index in [0.717, 1.165) is 12.4 Å². The Labute approximate surface area is 114 Å². The van der Waals surface area contributed by atoms with E-state index in [2.05, 4.69) is 0 Å². The van der Waals surface area contributed by atoms with Crippen molar-refractivity contribution >= 4 is 23.3 Å². The van der Waals surface area contributed by atoms with Crippen LogP contribution in [-0.2, 0) is 4.79 Å². The molecule has 0 atom stereocenters. The second kappa shape index (κ2) is 5.64. The smallest absolute Gasteiger partial charge is 0.299 e. The Kier molecular flexibility index (Phi) is 3.92. The van der Waals surface area contributed by atoms with Crippen molar-refractivity contribution in [3.8, 4) is 0 Å². The van der Waals surface area contributed by atoms with Gasteiger partial charge in [0.15, 0.2) is 0 Å². The maximum absolute atomic E-state index is 11.1. The van der Waals surface area contributed by atoms with E-state index in [0.29, 0.717) is 31.6 Å². The number of aldehydes is 1. The fourth-order valence-corrected chi connectivity index (χ4v) is 2.32. The molecule has 1 heterocycles. The minimum atomic E-state index is -0.657. The molecule has 0 aromatic heterocycles. The van der Waals surface area contributed by atoms with Gasteiger partial charge in [-0.3, -0.25) is 20.2 Å². The second-order valence-corrected chi connectivity index (χ2v) is 4.65. The average Bonchev–Trinajstić information content (AvgIpc) is 2.46. The number of anilines is 1. The Balaban J connectivity index is 2.29. The third kappa shape index (κ3) is 2.73. The van der Waals surface area contributed by atoms with Crippen LogP contribution in [0.3, 0.4) is 0 Å². The molecule has 0 radical (unpaired) electrons. The normalized spacial score (nSPS) is 15.9. The van der Waals surface area contributed by atoms with Gasteiger partial charge in [0, 0.05) is 25.1 Å². The molecular formula is C12H13N3O5. The maximum atomic E-state index is 11.1. The Morgan fingerprint density at radius 1 is 1.15 bits per heavy atom. The number of nitro groups is 2. The highest BCUT2D eigenvalue weighted by Crippen LogP contribution is 2.34. The van der Waals surface area contributed by atoms with Crippen LogP contribution in [0.2, 0.25) is 0 Å². The second-order valence-electron chi connectivity index (χ2n) is 4.65. The Hall–Kier alpha value is -2.51. The quantitative estimate of drug-likeness (QED) is 0.473. The summed E-state index contributed by atoms with van der Waals surface area (Å²) in [7, 11) is 0. The zero-order valence-electron chi connectivity index (χ0n) is 10.6. The number of hydrogen-bond acceptors (Lipinski definition) is 6. The van der Waals surface area contributed by atoms with E-state index in [-0.39, 0.29) is 17.3 Å². The predicted octanol–water partition coefficient (Wildman–Crippen LogP) is 1.92. The lowest BCUT2D eigenvalue weighted by Gasteiger charge is -2.31. The van der Waals surface area contributed by atoms with Crippen LogP contribution in [0.25, 0.3) is 0 Å². The molecule has 1 fully saturated rings. The molecule has 8 heteroatoms. The van der Waals surface area contributed by atoms with Crippen LogP contribution < -0.4 is 4.90 Å². The summed E-state index contributed by atoms with van der Waals surface area (Å²) in [5, 5.41) is 21.7. The predicted molar refractivity (Wildman–Crippen MR) is 70.8 cm³/mol. The van der Waals surface area contributed by atoms with Crippen LogP contribution in [-0.4, -0.2) is 29.2 Å². The molecule has 1 aliphatic heterocycles. The first-order chi connectivity index (χ1) is 9.52. The van der Waals surface area contributed by atoms with Crippen molar-refractivity contribution in [2.24, 2.45) is 5.92 Å². The molecule has 0 unspecified atom stereocenters. The summed E-state index contributed by atoms with van der Waals surface area (Å²) in [6.45, 7) is 1.06. The lowest BCUT2D eigenvalue weighted by molar-refractivity contribution is -0.393. The van der Waals surface area contributed by atoms with Gasteiger partial charge < -0.3 is 9.69 Å². The SMILES string of the molecule is O=CC1CCN(c2ccc([N+](=O)[O-])cc2[N+](=O)[O-])CC1. The topological polar surface area (TPSA) is 107 Å². The number of non-ortho nitro benzene ring substituents is 1. The molecule has 8 nitrogen and oxygen atoms in total. The molecule has 2 rings (SSSR count). The summed E-state index contributed by atoms with van der Waals surface area (Å²) in [5.74, 6) is -0.0108. The number of carbonyl (C=O) groups is 1. The van der Waals surface area contributed by atoms with Gasteiger partial charge in [0.25, 0.3) is 11.4 Å². The first-order valence-corrected chi connectivity index (χ1v) is 6.16. The molecular weight excluding hydrogens is 266 g/mol. The zero-order valence-corrected chi connectivity index (χ0v) is 10.6. The van der Waals surface area contributed by atoms with Crippen molar-refractivity contribution in [3.05, 3.63) is 38.4 Å². The van der Waals surface area contributed by atoms with Gasteiger partial charge in [-0.2, -0.15) is 0 Å². The lowest BCUT2D eigenvalue weighted by Crippen LogP contribution is -2.34. The molecule has 1 aromatic rings. The summed E-state index contributed by atoms with van der Waals surface area (Å²) in [5.41, 5.74) is -0.211. The van der Waals surface area contributed by atoms with Crippen molar-refractivity contribution in [3.63, 3.8) is 0 Å². The Morgan fingerprint density at radius 3 is 2.30 bits per heavy atom. The number of piperidine rings is 1. The molecule has 1 aromatic carbocycles. The molecule has 0 saturated carbocycles. The highest BCUT2D eigenvalue weighted by atomic mass is 16.6. The molecule has 0 amide bonds. The highest BCUT2D eigenvalue weighted by molar-refractivity contribution is 5.67. The van der Waals surface area contributed by atoms with Gasteiger partial charge in [-0.1, -0.05) is 0 Å². The summed E-state index contributed by atoms with van der Waals surface area (Å²) in [6.07, 6.45) is 2.18. The van der Waals surface area contributed by atoms with E-state index < -0.39 is 9.85 Å². The third-order valence-corrected chi connectivity index (χ3v) is 3.44. The minimum absolute atomic E-state index is 0.0108. The average molecular weight is 279 g/mol. The van der Waals surface area contributed by atoms with Crippen molar-refractivity contribution in [1.82, 2.24) is 0 Å². The van der Waals surface area contributed by atoms with Crippen LogP contribution >= 0.6 is 0 Å². The van der Waals surface area contributed by atoms with Gasteiger partial charge >= 0.3 is 0 Å². The third-order valence-electron chi connectivity index (χ3n) is 3.44. The molecule has 0 bridgehead atoms. The number of carbonyl (C=O) groups excluding carboxylic acids is 1. The van der Waals surface area contributed by atoms with Gasteiger partial charge in [0.1, 0.15) is 12.0 Å². The number of nitrogens with zero attached hydrogens (tertiary/aromatic N) is 3. The minimum Gasteiger partial charge on any atom is -0.366 e. The number of benzene rings is 1. The Morgan fingerprint density at radius 2 is 1.80 bits per heavy atom. The van der Waals surface area contributed by atoms with Crippen molar-refractivity contribution in [2.75, 3.05) is 18.0 Å². The summed E-state index contributed by atoms with van der Waals surface area (Å²) < 4.78 is 0. The molecule has 106 valence electrons. The van der Waals surface area contributed by atoms with Crippen molar-refractivity contribution in [1.29, 1.82) is 0 Å². The zero-order chi connectivity index (χ0) is 14.7. The van der Waals surface area contributed by atoms with E-state index in [1.54, 1.807) is 4.90 Å². The molecule has 1 saturated heterocycles. The van der Waals surface area contributed by atoms with Gasteiger partial charge in [-0.25, -0.2) is 0 Å². The molecule has 0 spiro atoms. The number of hydrogen-bond donors (Lipinski definition) is 0. The standard InChI is InChI=1S/C12H13N3O5/c16-8-9-3-5-13(6-4-9)11-2-1-10(14(17)18)7-12(11)15(19)20/h1-2,7-9H,3-6H2. The van der Waals surface area contributed by atoms with Crippen molar-refractivity contribution in [2.45, 2.75) is 12.8 Å².